The quantitative estimate of drug-likeness (QED) is 0.619. The molecular formula is C15H19Cl2F3N4. The summed E-state index contributed by atoms with van der Waals surface area (Å²) in [7, 11) is 1.61. The maximum absolute atomic E-state index is 12.4. The highest BCUT2D eigenvalue weighted by molar-refractivity contribution is 6.35. The third kappa shape index (κ3) is 6.03. The van der Waals surface area contributed by atoms with E-state index >= 15 is 0 Å². The second-order valence-corrected chi connectivity index (χ2v) is 6.49. The molecule has 2 N–H and O–H groups in total. The van der Waals surface area contributed by atoms with Crippen molar-refractivity contribution in [3.8, 4) is 0 Å². The summed E-state index contributed by atoms with van der Waals surface area (Å²) in [6.07, 6.45) is -3.53. The minimum Gasteiger partial charge on any atom is -0.352 e. The lowest BCUT2D eigenvalue weighted by Gasteiger charge is -2.20. The van der Waals surface area contributed by atoms with Gasteiger partial charge < -0.3 is 10.6 Å². The normalized spacial score (nSPS) is 19.6. The minimum absolute atomic E-state index is 0.0701. The molecule has 0 bridgehead atoms. The zero-order chi connectivity index (χ0) is 17.7. The van der Waals surface area contributed by atoms with Gasteiger partial charge >= 0.3 is 6.18 Å². The molecule has 1 aromatic rings. The molecule has 1 unspecified atom stereocenters. The van der Waals surface area contributed by atoms with Gasteiger partial charge in [-0.3, -0.25) is 9.89 Å². The monoisotopic (exact) mass is 382 g/mol. The summed E-state index contributed by atoms with van der Waals surface area (Å²) >= 11 is 12.0. The Hall–Kier alpha value is -1.18. The first-order chi connectivity index (χ1) is 11.3. The van der Waals surface area contributed by atoms with Crippen LogP contribution in [0.4, 0.5) is 13.2 Å². The fourth-order valence-corrected chi connectivity index (χ4v) is 3.05. The Morgan fingerprint density at radius 1 is 1.38 bits per heavy atom. The first-order valence-corrected chi connectivity index (χ1v) is 8.22. The van der Waals surface area contributed by atoms with Crippen molar-refractivity contribution in [1.82, 2.24) is 15.5 Å². The molecule has 1 saturated heterocycles. The Bertz CT molecular complexity index is 593. The van der Waals surface area contributed by atoms with Crippen LogP contribution in [0.3, 0.4) is 0 Å². The Labute approximate surface area is 149 Å². The van der Waals surface area contributed by atoms with E-state index in [1.165, 1.54) is 4.90 Å². The fraction of sp³-hybridized carbons (Fsp3) is 0.533. The molecule has 24 heavy (non-hydrogen) atoms. The number of guanidine groups is 1. The molecule has 2 rings (SSSR count). The van der Waals surface area contributed by atoms with Crippen molar-refractivity contribution in [3.05, 3.63) is 33.8 Å². The molecule has 1 heterocycles. The summed E-state index contributed by atoms with van der Waals surface area (Å²) in [5.41, 5.74) is 0.856. The van der Waals surface area contributed by atoms with Gasteiger partial charge in [0.05, 0.1) is 6.54 Å². The van der Waals surface area contributed by atoms with Gasteiger partial charge in [-0.25, -0.2) is 0 Å². The highest BCUT2D eigenvalue weighted by atomic mass is 35.5. The van der Waals surface area contributed by atoms with E-state index in [4.69, 9.17) is 23.2 Å². The van der Waals surface area contributed by atoms with Gasteiger partial charge in [0.2, 0.25) is 0 Å². The lowest BCUT2D eigenvalue weighted by Crippen LogP contribution is -2.44. The lowest BCUT2D eigenvalue weighted by atomic mass is 10.2. The van der Waals surface area contributed by atoms with Crippen LogP contribution in [0.25, 0.3) is 0 Å². The Kier molecular flexibility index (Phi) is 6.60. The summed E-state index contributed by atoms with van der Waals surface area (Å²) < 4.78 is 37.3. The van der Waals surface area contributed by atoms with Crippen molar-refractivity contribution >= 4 is 29.2 Å². The van der Waals surface area contributed by atoms with Crippen LogP contribution >= 0.6 is 23.2 Å². The summed E-state index contributed by atoms with van der Waals surface area (Å²) in [4.78, 5) is 5.49. The minimum atomic E-state index is -4.17. The summed E-state index contributed by atoms with van der Waals surface area (Å²) in [6.45, 7) is 0.311. The molecule has 0 spiro atoms. The third-order valence-corrected chi connectivity index (χ3v) is 4.29. The van der Waals surface area contributed by atoms with Crippen LogP contribution in [0, 0.1) is 0 Å². The average molecular weight is 383 g/mol. The molecule has 0 aromatic heterocycles. The topological polar surface area (TPSA) is 39.7 Å². The second kappa shape index (κ2) is 8.27. The number of alkyl halides is 3. The van der Waals surface area contributed by atoms with Crippen LogP contribution in [0.5, 0.6) is 0 Å². The van der Waals surface area contributed by atoms with E-state index in [9.17, 15) is 13.2 Å². The van der Waals surface area contributed by atoms with E-state index < -0.39 is 12.7 Å². The number of halogens is 5. The molecule has 1 aromatic carbocycles. The molecule has 1 fully saturated rings. The SMILES string of the molecule is CN=C(NCc1ccc(Cl)cc1Cl)NC1CCN(CC(F)(F)F)C1. The van der Waals surface area contributed by atoms with Gasteiger partial charge in [-0.2, -0.15) is 13.2 Å². The van der Waals surface area contributed by atoms with E-state index in [1.54, 1.807) is 19.2 Å². The first kappa shape index (κ1) is 19.1. The van der Waals surface area contributed by atoms with E-state index in [1.807, 2.05) is 6.07 Å². The molecule has 1 aliphatic heterocycles. The van der Waals surface area contributed by atoms with Gasteiger partial charge in [-0.1, -0.05) is 29.3 Å². The third-order valence-electron chi connectivity index (χ3n) is 3.70. The van der Waals surface area contributed by atoms with Crippen LogP contribution in [0.1, 0.15) is 12.0 Å². The number of nitrogens with one attached hydrogen (secondary N) is 2. The highest BCUT2D eigenvalue weighted by Gasteiger charge is 2.34. The smallest absolute Gasteiger partial charge is 0.352 e. The van der Waals surface area contributed by atoms with E-state index in [0.717, 1.165) is 5.56 Å². The molecule has 1 aliphatic rings. The van der Waals surface area contributed by atoms with E-state index in [2.05, 4.69) is 15.6 Å². The number of benzene rings is 1. The van der Waals surface area contributed by atoms with Crippen LogP contribution in [0.2, 0.25) is 10.0 Å². The van der Waals surface area contributed by atoms with Crippen molar-refractivity contribution in [1.29, 1.82) is 0 Å². The van der Waals surface area contributed by atoms with Gasteiger partial charge in [0, 0.05) is 42.8 Å². The van der Waals surface area contributed by atoms with Crippen LogP contribution in [-0.4, -0.2) is 49.8 Å². The number of hydrogen-bond donors (Lipinski definition) is 2. The van der Waals surface area contributed by atoms with Crippen molar-refractivity contribution in [2.45, 2.75) is 25.2 Å². The predicted molar refractivity (Wildman–Crippen MR) is 90.7 cm³/mol. The molecular weight excluding hydrogens is 364 g/mol. The van der Waals surface area contributed by atoms with Gasteiger partial charge in [-0.05, 0) is 24.1 Å². The van der Waals surface area contributed by atoms with Crippen LogP contribution in [0.15, 0.2) is 23.2 Å². The van der Waals surface area contributed by atoms with Crippen molar-refractivity contribution in [2.24, 2.45) is 4.99 Å². The van der Waals surface area contributed by atoms with E-state index in [-0.39, 0.29) is 6.04 Å². The predicted octanol–water partition coefficient (Wildman–Crippen LogP) is 3.30. The van der Waals surface area contributed by atoms with E-state index in [0.29, 0.717) is 42.1 Å². The average Bonchev–Trinajstić information content (AvgIpc) is 2.89. The van der Waals surface area contributed by atoms with Crippen molar-refractivity contribution < 1.29 is 13.2 Å². The molecule has 134 valence electrons. The summed E-state index contributed by atoms with van der Waals surface area (Å²) in [5, 5.41) is 7.35. The molecule has 0 aliphatic carbocycles. The lowest BCUT2D eigenvalue weighted by molar-refractivity contribution is -0.143. The number of likely N-dealkylation sites (tertiary alicyclic amines) is 1. The second-order valence-electron chi connectivity index (χ2n) is 5.64. The van der Waals surface area contributed by atoms with Crippen LogP contribution in [-0.2, 0) is 6.54 Å². The molecule has 1 atom stereocenters. The zero-order valence-electron chi connectivity index (χ0n) is 13.1. The summed E-state index contributed by atoms with van der Waals surface area (Å²) in [6, 6.07) is 5.14. The molecule has 9 heteroatoms. The number of aliphatic imine (C=N–C) groups is 1. The highest BCUT2D eigenvalue weighted by Crippen LogP contribution is 2.21. The first-order valence-electron chi connectivity index (χ1n) is 7.47. The number of rotatable bonds is 4. The van der Waals surface area contributed by atoms with Crippen molar-refractivity contribution in [3.63, 3.8) is 0 Å². The number of nitrogens with zero attached hydrogens (tertiary/aromatic N) is 2. The van der Waals surface area contributed by atoms with Crippen molar-refractivity contribution in [2.75, 3.05) is 26.7 Å². The van der Waals surface area contributed by atoms with Crippen LogP contribution < -0.4 is 10.6 Å². The Balaban J connectivity index is 1.83. The van der Waals surface area contributed by atoms with Gasteiger partial charge in [0.15, 0.2) is 5.96 Å². The number of hydrogen-bond acceptors (Lipinski definition) is 2. The summed E-state index contributed by atoms with van der Waals surface area (Å²) in [5.74, 6) is 0.528. The zero-order valence-corrected chi connectivity index (χ0v) is 14.6. The fourth-order valence-electron chi connectivity index (χ4n) is 2.58. The maximum Gasteiger partial charge on any atom is 0.401 e. The Morgan fingerprint density at radius 3 is 2.75 bits per heavy atom. The maximum atomic E-state index is 12.4. The molecule has 0 saturated carbocycles. The molecule has 4 nitrogen and oxygen atoms in total. The molecule has 0 radical (unpaired) electrons. The standard InChI is InChI=1S/C15H19Cl2F3N4/c1-21-14(22-7-10-2-3-11(16)6-13(10)17)23-12-4-5-24(8-12)9-15(18,19)20/h2-3,6,12H,4-5,7-9H2,1H3,(H2,21,22,23). The van der Waals surface area contributed by atoms with Gasteiger partial charge in [0.25, 0.3) is 0 Å². The van der Waals surface area contributed by atoms with Gasteiger partial charge in [0.1, 0.15) is 0 Å². The van der Waals surface area contributed by atoms with Gasteiger partial charge in [-0.15, -0.1) is 0 Å². The Morgan fingerprint density at radius 2 is 2.12 bits per heavy atom. The molecule has 0 amide bonds. The largest absolute Gasteiger partial charge is 0.401 e.